The molecule has 294 valence electrons. The molecule has 0 fully saturated rings. The number of ether oxygens (including phenoxy) is 8. The van der Waals surface area contributed by atoms with Crippen LogP contribution in [0.25, 0.3) is 0 Å². The van der Waals surface area contributed by atoms with Gasteiger partial charge in [0.15, 0.2) is 0 Å². The number of hydrogen-bond donors (Lipinski definition) is 5. The van der Waals surface area contributed by atoms with Crippen LogP contribution in [0.3, 0.4) is 0 Å². The van der Waals surface area contributed by atoms with Crippen molar-refractivity contribution in [2.45, 2.75) is 26.6 Å². The molecular weight excluding hydrogens is 673 g/mol. The van der Waals surface area contributed by atoms with Crippen LogP contribution in [0.2, 0.25) is 0 Å². The molecule has 0 aromatic heterocycles. The van der Waals surface area contributed by atoms with Gasteiger partial charge in [0.1, 0.15) is 13.2 Å². The number of halogens is 1. The van der Waals surface area contributed by atoms with E-state index >= 15 is 0 Å². The first kappa shape index (κ1) is 47.5. The lowest BCUT2D eigenvalue weighted by Gasteiger charge is -2.08. The molecule has 2 aromatic rings. The summed E-state index contributed by atoms with van der Waals surface area (Å²) in [4.78, 5) is 22.7. The van der Waals surface area contributed by atoms with Crippen LogP contribution in [0, 0.1) is 0 Å². The lowest BCUT2D eigenvalue weighted by atomic mass is 10.2. The Morgan fingerprint density at radius 2 is 0.941 bits per heavy atom. The fourth-order valence-corrected chi connectivity index (χ4v) is 3.32. The smallest absolute Gasteiger partial charge is 0.407 e. The van der Waals surface area contributed by atoms with Gasteiger partial charge in [-0.3, -0.25) is 4.72 Å². The second-order valence-electron chi connectivity index (χ2n) is 9.89. The van der Waals surface area contributed by atoms with E-state index in [0.717, 1.165) is 24.2 Å². The van der Waals surface area contributed by atoms with Crippen LogP contribution in [0.4, 0.5) is 14.3 Å². The van der Waals surface area contributed by atoms with Crippen LogP contribution < -0.4 is 16.4 Å². The van der Waals surface area contributed by atoms with Gasteiger partial charge in [0, 0.05) is 26.2 Å². The molecule has 0 atom stereocenters. The summed E-state index contributed by atoms with van der Waals surface area (Å²) in [6, 6.07) is 19.0. The molecule has 15 nitrogen and oxygen atoms in total. The standard InChI is InChI=1S/C15H23NO4.C14H21NO5.C6H15NO3.FH/c1-2-9-18-11-12-19-10-8-16-15(17)20-13-14-6-4-3-5-7-14;16-7-9-19-11-10-18-8-6-15-14(17)20-12-13-4-2-1-3-5-13;7-1-3-9-5-6-10-4-2-8;/h3-7H,2,8-13H2,1H3,(H,16,17);1-5,16H,6-12H2,(H,15,17);8H,1-7H2;1H/i/hD. The van der Waals surface area contributed by atoms with Crippen LogP contribution in [0.1, 0.15) is 24.5 Å². The third-order valence-electron chi connectivity index (χ3n) is 5.65. The van der Waals surface area contributed by atoms with E-state index < -0.39 is 12.2 Å². The van der Waals surface area contributed by atoms with Gasteiger partial charge in [-0.05, 0) is 17.5 Å². The summed E-state index contributed by atoms with van der Waals surface area (Å²) in [6.07, 6.45) is 0.114. The molecule has 2 rings (SSSR count). The fraction of sp³-hybridized carbons (Fsp3) is 0.600. The summed E-state index contributed by atoms with van der Waals surface area (Å²) in [5, 5.41) is 22.0. The highest BCUT2D eigenvalue weighted by Gasteiger charge is 2.02. The molecule has 0 unspecified atom stereocenters. The predicted molar refractivity (Wildman–Crippen MR) is 190 cm³/mol. The zero-order valence-corrected chi connectivity index (χ0v) is 29.8. The molecule has 2 amide bonds. The minimum Gasteiger partial charge on any atom is -0.445 e. The van der Waals surface area contributed by atoms with E-state index in [4.69, 9.17) is 58.6 Å². The van der Waals surface area contributed by atoms with Crippen LogP contribution in [0.15, 0.2) is 60.7 Å². The Morgan fingerprint density at radius 1 is 0.588 bits per heavy atom. The molecule has 0 aliphatic carbocycles. The molecule has 0 bridgehead atoms. The highest BCUT2D eigenvalue weighted by molar-refractivity contribution is 5.67. The molecule has 0 aliphatic heterocycles. The van der Waals surface area contributed by atoms with Crippen molar-refractivity contribution in [2.24, 2.45) is 5.73 Å². The molecule has 16 heteroatoms. The first-order valence-corrected chi connectivity index (χ1v) is 16.8. The Morgan fingerprint density at radius 3 is 1.29 bits per heavy atom. The number of hydrogen-bond acceptors (Lipinski definition) is 13. The van der Waals surface area contributed by atoms with E-state index in [1.165, 1.54) is 0 Å². The Labute approximate surface area is 302 Å². The molecule has 0 heterocycles. The molecule has 0 aliphatic rings. The predicted octanol–water partition coefficient (Wildman–Crippen LogP) is 2.42. The van der Waals surface area contributed by atoms with Gasteiger partial charge in [0.2, 0.25) is 0 Å². The number of carbonyl (C=O) groups is 2. The van der Waals surface area contributed by atoms with Crippen molar-refractivity contribution in [3.05, 3.63) is 71.8 Å². The quantitative estimate of drug-likeness (QED) is 0.0840. The van der Waals surface area contributed by atoms with E-state index in [1.54, 1.807) is 0 Å². The highest BCUT2D eigenvalue weighted by Crippen LogP contribution is 2.01. The number of carbonyl (C=O) groups excluding carboxylic acids is 2. The van der Waals surface area contributed by atoms with Gasteiger partial charge in [-0.15, -0.1) is 0 Å². The summed E-state index contributed by atoms with van der Waals surface area (Å²) in [5.41, 5.74) is 7.07. The second-order valence-corrected chi connectivity index (χ2v) is 9.89. The monoisotopic (exact) mass is 734 g/mol. The van der Waals surface area contributed by atoms with Crippen molar-refractivity contribution in [3.63, 3.8) is 0 Å². The fourth-order valence-electron chi connectivity index (χ4n) is 3.32. The van der Waals surface area contributed by atoms with Gasteiger partial charge >= 0.3 is 12.2 Å². The van der Waals surface area contributed by atoms with E-state index in [2.05, 4.69) is 19.0 Å². The molecule has 0 saturated carbocycles. The number of rotatable bonds is 27. The number of aliphatic hydroxyl groups is 2. The molecule has 51 heavy (non-hydrogen) atoms. The number of nitrogens with one attached hydrogen (secondary N) is 2. The van der Waals surface area contributed by atoms with Crippen LogP contribution in [-0.2, 0) is 51.1 Å². The maximum atomic E-state index is 11.4. The van der Waals surface area contributed by atoms with Crippen molar-refractivity contribution in [1.82, 2.24) is 10.6 Å². The minimum absolute atomic E-state index is 0.00874. The van der Waals surface area contributed by atoms with Crippen molar-refractivity contribution in [3.8, 4) is 0 Å². The Hall–Kier alpha value is -3.45. The Balaban J connectivity index is 0. The van der Waals surface area contributed by atoms with Gasteiger partial charge in [0.05, 0.1) is 85.9 Å². The van der Waals surface area contributed by atoms with Gasteiger partial charge < -0.3 is 64.5 Å². The van der Waals surface area contributed by atoms with E-state index in [0.29, 0.717) is 92.3 Å². The maximum Gasteiger partial charge on any atom is 0.407 e. The maximum absolute atomic E-state index is 11.4. The van der Waals surface area contributed by atoms with Gasteiger partial charge in [0.25, 0.3) is 1.45 Å². The minimum atomic E-state index is -0.464. The zero-order valence-electron chi connectivity index (χ0n) is 30.8. The van der Waals surface area contributed by atoms with E-state index in [9.17, 15) is 9.59 Å². The van der Waals surface area contributed by atoms with Crippen molar-refractivity contribution in [2.75, 3.05) is 112 Å². The lowest BCUT2D eigenvalue weighted by Crippen LogP contribution is -2.28. The topological polar surface area (TPSA) is 199 Å². The van der Waals surface area contributed by atoms with Gasteiger partial charge in [-0.2, -0.15) is 0 Å². The summed E-state index contributed by atoms with van der Waals surface area (Å²) in [5.74, 6) is 0. The number of amides is 2. The molecule has 2 aromatic carbocycles. The normalized spacial score (nSPS) is 10.2. The Bertz CT molecular complexity index is 928. The third kappa shape index (κ3) is 37.6. The van der Waals surface area contributed by atoms with Crippen LogP contribution in [0.5, 0.6) is 0 Å². The first-order valence-electron chi connectivity index (χ1n) is 17.2. The summed E-state index contributed by atoms with van der Waals surface area (Å²) in [6.45, 7) is 9.96. The summed E-state index contributed by atoms with van der Waals surface area (Å²) >= 11 is 0. The van der Waals surface area contributed by atoms with Crippen molar-refractivity contribution < 1.29 is 62.4 Å². The number of benzene rings is 2. The van der Waals surface area contributed by atoms with Crippen molar-refractivity contribution >= 4 is 12.2 Å². The van der Waals surface area contributed by atoms with Gasteiger partial charge in [-0.1, -0.05) is 67.6 Å². The molecule has 0 saturated heterocycles. The average Bonchev–Trinajstić information content (AvgIpc) is 3.19. The molecular formula is C35H60FN3O12. The number of nitrogens with two attached hydrogens (primary N) is 1. The number of alkyl carbamates (subject to hydrolysis) is 2. The summed E-state index contributed by atoms with van der Waals surface area (Å²) < 4.78 is 53.8. The summed E-state index contributed by atoms with van der Waals surface area (Å²) in [7, 11) is 0. The molecule has 6 N–H and O–H groups in total. The van der Waals surface area contributed by atoms with Gasteiger partial charge in [-0.25, -0.2) is 9.59 Å². The SMILES string of the molecule is CCCOCCOCCNC(=O)OCc1ccccc1.NCCOCCOCCO.O=C(NCCOCCOCCO)OCc1ccccc1.[2H]F. The Kier molecular flexibility index (Phi) is 38.2. The first-order chi connectivity index (χ1) is 25.6. The number of aliphatic hydroxyl groups excluding tert-OH is 2. The molecule has 0 spiro atoms. The highest BCUT2D eigenvalue weighted by atomic mass is 19.0. The average molecular weight is 735 g/mol. The van der Waals surface area contributed by atoms with E-state index in [1.807, 2.05) is 60.7 Å². The van der Waals surface area contributed by atoms with Crippen LogP contribution in [-0.4, -0.2) is 136 Å². The lowest BCUT2D eigenvalue weighted by molar-refractivity contribution is 0.0337. The zero-order chi connectivity index (χ0) is 38.6. The van der Waals surface area contributed by atoms with Crippen LogP contribution >= 0.6 is 0 Å². The second kappa shape index (κ2) is 41.0. The van der Waals surface area contributed by atoms with E-state index in [-0.39, 0.29) is 26.4 Å². The van der Waals surface area contributed by atoms with Crippen molar-refractivity contribution in [1.29, 1.82) is 1.45 Å². The molecule has 0 radical (unpaired) electrons. The third-order valence-corrected chi connectivity index (χ3v) is 5.65. The largest absolute Gasteiger partial charge is 0.445 e.